The third-order valence-electron chi connectivity index (χ3n) is 4.59. The molecule has 4 heteroatoms. The van der Waals surface area contributed by atoms with E-state index in [2.05, 4.69) is 0 Å². The minimum Gasteiger partial charge on any atom is -0.299 e. The van der Waals surface area contributed by atoms with Crippen LogP contribution < -0.4 is 0 Å². The van der Waals surface area contributed by atoms with Crippen molar-refractivity contribution in [1.29, 1.82) is 0 Å². The molecule has 1 aliphatic carbocycles. The second kappa shape index (κ2) is 4.85. The summed E-state index contributed by atoms with van der Waals surface area (Å²) < 4.78 is 39.8. The first-order valence-corrected chi connectivity index (χ1v) is 7.18. The lowest BCUT2D eigenvalue weighted by molar-refractivity contribution is -0.140. The van der Waals surface area contributed by atoms with Crippen LogP contribution in [0.5, 0.6) is 0 Å². The fourth-order valence-electron chi connectivity index (χ4n) is 4.03. The quantitative estimate of drug-likeness (QED) is 0.714. The van der Waals surface area contributed by atoms with Gasteiger partial charge in [-0.25, -0.2) is 0 Å². The highest BCUT2D eigenvalue weighted by Crippen LogP contribution is 2.50. The molecule has 0 aliphatic heterocycles. The van der Waals surface area contributed by atoms with Crippen LogP contribution in [0.2, 0.25) is 0 Å². The van der Waals surface area contributed by atoms with Gasteiger partial charge in [-0.1, -0.05) is 45.9 Å². The van der Waals surface area contributed by atoms with Gasteiger partial charge < -0.3 is 0 Å². The number of rotatable bonds is 1. The highest BCUT2D eigenvalue weighted by Gasteiger charge is 2.49. The third kappa shape index (κ3) is 2.85. The molecule has 0 bridgehead atoms. The maximum atomic E-state index is 13.3. The molecule has 0 saturated heterocycles. The van der Waals surface area contributed by atoms with E-state index in [-0.39, 0.29) is 11.7 Å². The second-order valence-electron chi connectivity index (χ2n) is 7.13. The van der Waals surface area contributed by atoms with Crippen LogP contribution in [-0.2, 0) is 16.4 Å². The summed E-state index contributed by atoms with van der Waals surface area (Å²) in [7, 11) is 0. The summed E-state index contributed by atoms with van der Waals surface area (Å²) >= 11 is 0. The van der Waals surface area contributed by atoms with Crippen molar-refractivity contribution in [3.05, 3.63) is 35.4 Å². The number of benzene rings is 1. The van der Waals surface area contributed by atoms with Crippen LogP contribution >= 0.6 is 0 Å². The van der Waals surface area contributed by atoms with Crippen molar-refractivity contribution in [2.45, 2.75) is 52.1 Å². The largest absolute Gasteiger partial charge is 0.416 e. The number of carbonyl (C=O) groups excluding carboxylic acids is 1. The van der Waals surface area contributed by atoms with Gasteiger partial charge in [0, 0.05) is 11.3 Å². The number of hydrogen-bond donors (Lipinski definition) is 0. The van der Waals surface area contributed by atoms with Gasteiger partial charge in [-0.2, -0.15) is 13.2 Å². The van der Waals surface area contributed by atoms with E-state index in [9.17, 15) is 18.0 Å². The van der Waals surface area contributed by atoms with E-state index in [4.69, 9.17) is 0 Å². The zero-order valence-electron chi connectivity index (χ0n) is 12.8. The van der Waals surface area contributed by atoms with Crippen LogP contribution in [0.1, 0.15) is 51.7 Å². The molecule has 1 aliphatic rings. The van der Waals surface area contributed by atoms with E-state index in [1.807, 2.05) is 27.7 Å². The molecular weight excluding hydrogens is 277 g/mol. The van der Waals surface area contributed by atoms with Crippen molar-refractivity contribution < 1.29 is 18.0 Å². The normalized spacial score (nSPS) is 29.5. The molecule has 0 amide bonds. The summed E-state index contributed by atoms with van der Waals surface area (Å²) in [5.74, 6) is -0.0792. The van der Waals surface area contributed by atoms with Crippen molar-refractivity contribution in [2.24, 2.45) is 11.3 Å². The Kier molecular flexibility index (Phi) is 3.71. The van der Waals surface area contributed by atoms with E-state index in [0.717, 1.165) is 6.07 Å². The van der Waals surface area contributed by atoms with Gasteiger partial charge in [-0.05, 0) is 29.9 Å². The zero-order chi connectivity index (χ0) is 16.1. The van der Waals surface area contributed by atoms with Crippen molar-refractivity contribution >= 4 is 5.78 Å². The van der Waals surface area contributed by atoms with Crippen LogP contribution in [0.15, 0.2) is 24.3 Å². The van der Waals surface area contributed by atoms with Crippen molar-refractivity contribution in [1.82, 2.24) is 0 Å². The fourth-order valence-corrected chi connectivity index (χ4v) is 4.03. The predicted molar refractivity (Wildman–Crippen MR) is 76.0 cm³/mol. The first-order valence-electron chi connectivity index (χ1n) is 7.18. The Hall–Kier alpha value is -1.32. The number of hydrogen-bond acceptors (Lipinski definition) is 1. The van der Waals surface area contributed by atoms with Gasteiger partial charge in [0.1, 0.15) is 5.78 Å². The minimum absolute atomic E-state index is 0.143. The van der Waals surface area contributed by atoms with Crippen LogP contribution in [0.4, 0.5) is 13.2 Å². The summed E-state index contributed by atoms with van der Waals surface area (Å²) in [6, 6.07) is 5.75. The molecular formula is C17H21F3O. The molecule has 0 heterocycles. The molecule has 116 valence electrons. The monoisotopic (exact) mass is 298 g/mol. The summed E-state index contributed by atoms with van der Waals surface area (Å²) in [5, 5.41) is 0. The summed E-state index contributed by atoms with van der Waals surface area (Å²) in [6.45, 7) is 7.33. The Morgan fingerprint density at radius 1 is 1.14 bits per heavy atom. The van der Waals surface area contributed by atoms with E-state index >= 15 is 0 Å². The van der Waals surface area contributed by atoms with Gasteiger partial charge in [0.2, 0.25) is 0 Å². The number of ketones is 1. The van der Waals surface area contributed by atoms with Crippen molar-refractivity contribution in [3.8, 4) is 0 Å². The molecule has 1 nitrogen and oxygen atoms in total. The highest BCUT2D eigenvalue weighted by molar-refractivity contribution is 5.87. The van der Waals surface area contributed by atoms with E-state index < -0.39 is 22.6 Å². The minimum atomic E-state index is -4.37. The van der Waals surface area contributed by atoms with E-state index in [1.54, 1.807) is 12.1 Å². The number of carbonyl (C=O) groups is 1. The molecule has 0 spiro atoms. The first kappa shape index (κ1) is 16.1. The van der Waals surface area contributed by atoms with E-state index in [0.29, 0.717) is 18.4 Å². The van der Waals surface area contributed by atoms with Crippen molar-refractivity contribution in [3.63, 3.8) is 0 Å². The van der Waals surface area contributed by atoms with Crippen LogP contribution in [0.25, 0.3) is 0 Å². The van der Waals surface area contributed by atoms with Gasteiger partial charge in [0.15, 0.2) is 0 Å². The number of alkyl halides is 3. The molecule has 21 heavy (non-hydrogen) atoms. The molecule has 1 aromatic rings. The van der Waals surface area contributed by atoms with Gasteiger partial charge >= 0.3 is 6.18 Å². The molecule has 0 radical (unpaired) electrons. The average molecular weight is 298 g/mol. The van der Waals surface area contributed by atoms with Crippen LogP contribution in [0.3, 0.4) is 0 Å². The van der Waals surface area contributed by atoms with Gasteiger partial charge in [-0.3, -0.25) is 4.79 Å². The number of halogens is 3. The standard InChI is InChI=1S/C17H21F3O/c1-11-9-16(4,10-15(2,3)14(11)21)12-7-5-6-8-13(12)17(18,19)20/h5-8,11H,9-10H2,1-4H3. The first-order chi connectivity index (χ1) is 9.47. The maximum Gasteiger partial charge on any atom is 0.416 e. The summed E-state index contributed by atoms with van der Waals surface area (Å²) in [4.78, 5) is 12.2. The molecule has 2 unspecified atom stereocenters. The lowest BCUT2D eigenvalue weighted by atomic mass is 9.57. The molecule has 0 aromatic heterocycles. The van der Waals surface area contributed by atoms with Crippen LogP contribution in [0, 0.1) is 11.3 Å². The smallest absolute Gasteiger partial charge is 0.299 e. The molecule has 2 rings (SSSR count). The van der Waals surface area contributed by atoms with Crippen LogP contribution in [-0.4, -0.2) is 5.78 Å². The number of Topliss-reactive ketones (excluding diaryl/α,β-unsaturated/α-hetero) is 1. The van der Waals surface area contributed by atoms with Gasteiger partial charge in [0.05, 0.1) is 5.56 Å². The lowest BCUT2D eigenvalue weighted by Crippen LogP contribution is -2.45. The Bertz CT molecular complexity index is 559. The van der Waals surface area contributed by atoms with Gasteiger partial charge in [-0.15, -0.1) is 0 Å². The lowest BCUT2D eigenvalue weighted by Gasteiger charge is -2.45. The Morgan fingerprint density at radius 3 is 2.24 bits per heavy atom. The summed E-state index contributed by atoms with van der Waals surface area (Å²) in [5.41, 5.74) is -1.50. The molecule has 1 fully saturated rings. The molecule has 1 aromatic carbocycles. The molecule has 2 atom stereocenters. The maximum absolute atomic E-state index is 13.3. The Morgan fingerprint density at radius 2 is 1.71 bits per heavy atom. The zero-order valence-corrected chi connectivity index (χ0v) is 12.8. The third-order valence-corrected chi connectivity index (χ3v) is 4.59. The Labute approximate surface area is 123 Å². The predicted octanol–water partition coefficient (Wildman–Crippen LogP) is 4.99. The summed E-state index contributed by atoms with van der Waals surface area (Å²) in [6.07, 6.45) is -3.47. The van der Waals surface area contributed by atoms with E-state index in [1.165, 1.54) is 6.07 Å². The highest BCUT2D eigenvalue weighted by atomic mass is 19.4. The topological polar surface area (TPSA) is 17.1 Å². The second-order valence-corrected chi connectivity index (χ2v) is 7.13. The Balaban J connectivity index is 2.54. The SMILES string of the molecule is CC1CC(C)(c2ccccc2C(F)(F)F)CC(C)(C)C1=O. The fraction of sp³-hybridized carbons (Fsp3) is 0.588. The molecule has 0 N–H and O–H groups in total. The average Bonchev–Trinajstić information content (AvgIpc) is 2.34. The van der Waals surface area contributed by atoms with Crippen molar-refractivity contribution in [2.75, 3.05) is 0 Å². The van der Waals surface area contributed by atoms with Gasteiger partial charge in [0.25, 0.3) is 0 Å². The molecule has 1 saturated carbocycles.